The van der Waals surface area contributed by atoms with Gasteiger partial charge in [-0.1, -0.05) is 12.1 Å². The Balaban J connectivity index is 0.00000150. The SMILES string of the molecule is Cl.Cl.O=C(Nc1ccncc1)c1ccc(CNC(=O)C2CC23CCNCC3)cc1. The van der Waals surface area contributed by atoms with E-state index in [9.17, 15) is 9.59 Å². The van der Waals surface area contributed by atoms with Crippen molar-refractivity contribution in [1.29, 1.82) is 0 Å². The lowest BCUT2D eigenvalue weighted by atomic mass is 9.92. The molecule has 1 aliphatic heterocycles. The van der Waals surface area contributed by atoms with E-state index in [1.807, 2.05) is 12.1 Å². The van der Waals surface area contributed by atoms with Crippen LogP contribution in [0.1, 0.15) is 35.2 Å². The standard InChI is InChI=1S/C21H24N4O2.2ClH/c26-19(25-17-5-9-22-10-6-17)16-3-1-15(2-4-16)14-24-20(27)18-13-21(18)7-11-23-12-8-21;;/h1-6,9-10,18,23H,7-8,11-14H2,(H,24,27)(H,22,25,26);2*1H. The first-order valence-electron chi connectivity index (χ1n) is 9.45. The smallest absolute Gasteiger partial charge is 0.255 e. The van der Waals surface area contributed by atoms with Crippen LogP contribution in [0.4, 0.5) is 5.69 Å². The van der Waals surface area contributed by atoms with Gasteiger partial charge in [-0.2, -0.15) is 0 Å². The van der Waals surface area contributed by atoms with Crippen molar-refractivity contribution in [3.8, 4) is 0 Å². The van der Waals surface area contributed by atoms with Gasteiger partial charge in [0.05, 0.1) is 0 Å². The topological polar surface area (TPSA) is 83.1 Å². The largest absolute Gasteiger partial charge is 0.352 e. The van der Waals surface area contributed by atoms with Crippen LogP contribution in [-0.2, 0) is 11.3 Å². The maximum absolute atomic E-state index is 12.4. The second-order valence-corrected chi connectivity index (χ2v) is 7.47. The summed E-state index contributed by atoms with van der Waals surface area (Å²) in [7, 11) is 0. The summed E-state index contributed by atoms with van der Waals surface area (Å²) < 4.78 is 0. The molecule has 4 rings (SSSR count). The zero-order valence-corrected chi connectivity index (χ0v) is 17.7. The zero-order chi connectivity index (χ0) is 18.7. The molecule has 1 unspecified atom stereocenters. The Morgan fingerprint density at radius 1 is 1.03 bits per heavy atom. The molecule has 1 aromatic carbocycles. The first kappa shape index (κ1) is 23.1. The monoisotopic (exact) mass is 436 g/mol. The Bertz CT molecular complexity index is 824. The Morgan fingerprint density at radius 3 is 2.34 bits per heavy atom. The average molecular weight is 437 g/mol. The molecule has 1 spiro atoms. The van der Waals surface area contributed by atoms with Crippen molar-refractivity contribution in [3.05, 3.63) is 59.9 Å². The number of nitrogens with zero attached hydrogens (tertiary/aromatic N) is 1. The fraction of sp³-hybridized carbons (Fsp3) is 0.381. The quantitative estimate of drug-likeness (QED) is 0.671. The molecule has 156 valence electrons. The van der Waals surface area contributed by atoms with Crippen molar-refractivity contribution in [2.24, 2.45) is 11.3 Å². The maximum Gasteiger partial charge on any atom is 0.255 e. The van der Waals surface area contributed by atoms with Crippen molar-refractivity contribution in [1.82, 2.24) is 15.6 Å². The molecule has 2 aliphatic rings. The van der Waals surface area contributed by atoms with Crippen LogP contribution < -0.4 is 16.0 Å². The molecule has 29 heavy (non-hydrogen) atoms. The van der Waals surface area contributed by atoms with Gasteiger partial charge < -0.3 is 16.0 Å². The van der Waals surface area contributed by atoms with Crippen LogP contribution in [-0.4, -0.2) is 29.9 Å². The number of nitrogens with one attached hydrogen (secondary N) is 3. The molecule has 1 saturated carbocycles. The lowest BCUT2D eigenvalue weighted by Gasteiger charge is -2.23. The number of halogens is 2. The van der Waals surface area contributed by atoms with E-state index in [4.69, 9.17) is 0 Å². The van der Waals surface area contributed by atoms with E-state index < -0.39 is 0 Å². The Morgan fingerprint density at radius 2 is 1.69 bits per heavy atom. The summed E-state index contributed by atoms with van der Waals surface area (Å²) in [6.45, 7) is 2.54. The van der Waals surface area contributed by atoms with Crippen LogP contribution in [0.2, 0.25) is 0 Å². The first-order chi connectivity index (χ1) is 13.2. The van der Waals surface area contributed by atoms with Crippen molar-refractivity contribution in [3.63, 3.8) is 0 Å². The second kappa shape index (κ2) is 10.1. The number of aromatic nitrogens is 1. The second-order valence-electron chi connectivity index (χ2n) is 7.47. The summed E-state index contributed by atoms with van der Waals surface area (Å²) in [5.41, 5.74) is 2.54. The van der Waals surface area contributed by atoms with E-state index in [1.165, 1.54) is 0 Å². The van der Waals surface area contributed by atoms with Crippen molar-refractivity contribution >= 4 is 42.3 Å². The first-order valence-corrected chi connectivity index (χ1v) is 9.45. The van der Waals surface area contributed by atoms with Gasteiger partial charge in [-0.15, -0.1) is 24.8 Å². The highest BCUT2D eigenvalue weighted by atomic mass is 35.5. The fourth-order valence-electron chi connectivity index (χ4n) is 3.92. The summed E-state index contributed by atoms with van der Waals surface area (Å²) in [4.78, 5) is 28.6. The number of anilines is 1. The lowest BCUT2D eigenvalue weighted by Crippen LogP contribution is -2.33. The summed E-state index contributed by atoms with van der Waals surface area (Å²) >= 11 is 0. The number of rotatable bonds is 5. The molecule has 6 nitrogen and oxygen atoms in total. The van der Waals surface area contributed by atoms with Gasteiger partial charge in [0.2, 0.25) is 5.91 Å². The van der Waals surface area contributed by atoms with Crippen LogP contribution in [0.15, 0.2) is 48.8 Å². The summed E-state index contributed by atoms with van der Waals surface area (Å²) in [6, 6.07) is 10.8. The minimum atomic E-state index is -0.164. The van der Waals surface area contributed by atoms with E-state index in [2.05, 4.69) is 20.9 Å². The van der Waals surface area contributed by atoms with Gasteiger partial charge in [-0.3, -0.25) is 14.6 Å². The average Bonchev–Trinajstić information content (AvgIpc) is 3.40. The van der Waals surface area contributed by atoms with Gasteiger partial charge in [0.15, 0.2) is 0 Å². The molecule has 2 heterocycles. The van der Waals surface area contributed by atoms with Gasteiger partial charge in [0.25, 0.3) is 5.91 Å². The van der Waals surface area contributed by atoms with Crippen molar-refractivity contribution in [2.75, 3.05) is 18.4 Å². The van der Waals surface area contributed by atoms with E-state index in [-0.39, 0.29) is 48.0 Å². The highest BCUT2D eigenvalue weighted by Crippen LogP contribution is 2.58. The Labute approximate surface area is 183 Å². The minimum Gasteiger partial charge on any atom is -0.352 e. The number of amides is 2. The highest BCUT2D eigenvalue weighted by Gasteiger charge is 2.57. The van der Waals surface area contributed by atoms with Gasteiger partial charge in [-0.25, -0.2) is 0 Å². The number of benzene rings is 1. The van der Waals surface area contributed by atoms with Gasteiger partial charge in [0.1, 0.15) is 0 Å². The van der Waals surface area contributed by atoms with Crippen molar-refractivity contribution < 1.29 is 9.59 Å². The predicted molar refractivity (Wildman–Crippen MR) is 118 cm³/mol. The molecule has 2 amide bonds. The van der Waals surface area contributed by atoms with Crippen LogP contribution in [0.25, 0.3) is 0 Å². The number of carbonyl (C=O) groups excluding carboxylic acids is 2. The molecule has 1 aromatic heterocycles. The number of piperidine rings is 1. The predicted octanol–water partition coefficient (Wildman–Crippen LogP) is 3.18. The normalized spacial score (nSPS) is 18.7. The van der Waals surface area contributed by atoms with Gasteiger partial charge in [0, 0.05) is 36.1 Å². The molecule has 1 aliphatic carbocycles. The molecular formula is C21H26Cl2N4O2. The van der Waals surface area contributed by atoms with E-state index in [1.54, 1.807) is 36.7 Å². The molecule has 3 N–H and O–H groups in total. The number of carbonyl (C=O) groups is 2. The van der Waals surface area contributed by atoms with E-state index in [0.717, 1.165) is 37.9 Å². The van der Waals surface area contributed by atoms with E-state index in [0.29, 0.717) is 17.8 Å². The third-order valence-electron chi connectivity index (χ3n) is 5.73. The van der Waals surface area contributed by atoms with Crippen LogP contribution >= 0.6 is 24.8 Å². The number of pyridine rings is 1. The molecule has 1 saturated heterocycles. The van der Waals surface area contributed by atoms with Gasteiger partial charge >= 0.3 is 0 Å². The molecule has 1 atom stereocenters. The maximum atomic E-state index is 12.4. The minimum absolute atomic E-state index is 0. The van der Waals surface area contributed by atoms with Crippen molar-refractivity contribution in [2.45, 2.75) is 25.8 Å². The third kappa shape index (κ3) is 5.47. The van der Waals surface area contributed by atoms with E-state index >= 15 is 0 Å². The zero-order valence-electron chi connectivity index (χ0n) is 16.0. The molecule has 0 bridgehead atoms. The highest BCUT2D eigenvalue weighted by molar-refractivity contribution is 6.04. The lowest BCUT2D eigenvalue weighted by molar-refractivity contribution is -0.123. The summed E-state index contributed by atoms with van der Waals surface area (Å²) in [5.74, 6) is 0.170. The Hall–Kier alpha value is -2.15. The Kier molecular flexibility index (Phi) is 8.02. The number of hydrogen-bond donors (Lipinski definition) is 3. The molecular weight excluding hydrogens is 411 g/mol. The van der Waals surface area contributed by atoms with Crippen LogP contribution in [0, 0.1) is 11.3 Å². The summed E-state index contributed by atoms with van der Waals surface area (Å²) in [5, 5.41) is 9.24. The van der Waals surface area contributed by atoms with Crippen LogP contribution in [0.3, 0.4) is 0 Å². The molecule has 2 fully saturated rings. The fourth-order valence-corrected chi connectivity index (χ4v) is 3.92. The molecule has 0 radical (unpaired) electrons. The third-order valence-corrected chi connectivity index (χ3v) is 5.73. The van der Waals surface area contributed by atoms with Gasteiger partial charge in [-0.05, 0) is 67.6 Å². The van der Waals surface area contributed by atoms with Crippen LogP contribution in [0.5, 0.6) is 0 Å². The molecule has 2 aromatic rings. The summed E-state index contributed by atoms with van der Waals surface area (Å²) in [6.07, 6.45) is 6.50. The molecule has 8 heteroatoms. The number of hydrogen-bond acceptors (Lipinski definition) is 4.